The Hall–Kier alpha value is -1.80. The molecule has 0 aromatic heterocycles. The number of aliphatic hydroxyl groups excluding tert-OH is 1. The van der Waals surface area contributed by atoms with Gasteiger partial charge in [-0.15, -0.1) is 0 Å². The number of halogens is 1. The van der Waals surface area contributed by atoms with E-state index in [0.717, 1.165) is 0 Å². The van der Waals surface area contributed by atoms with Gasteiger partial charge in [0.05, 0.1) is 18.1 Å². The lowest BCUT2D eigenvalue weighted by atomic mass is 10.3. The molecule has 0 fully saturated rings. The summed E-state index contributed by atoms with van der Waals surface area (Å²) in [6, 6.07) is 4.30. The van der Waals surface area contributed by atoms with E-state index in [1.54, 1.807) is 18.2 Å². The molecule has 0 aliphatic rings. The van der Waals surface area contributed by atoms with E-state index in [4.69, 9.17) is 14.9 Å². The predicted molar refractivity (Wildman–Crippen MR) is 71.4 cm³/mol. The molecule has 0 aliphatic heterocycles. The van der Waals surface area contributed by atoms with Gasteiger partial charge in [-0.3, -0.25) is 0 Å². The maximum atomic E-state index is 11.4. The number of anilines is 1. The van der Waals surface area contributed by atoms with E-state index >= 15 is 0 Å². The van der Waals surface area contributed by atoms with Gasteiger partial charge in [0.2, 0.25) is 0 Å². The number of amides is 2. The van der Waals surface area contributed by atoms with Crippen molar-refractivity contribution in [3.05, 3.63) is 22.7 Å². The standard InChI is InChI=1S/C11H13BrN2O5/c1-19-9-3-2-6(4-7(9)12)14-11(18)13-5-8(15)10(16)17/h2-4,8,15H,5H2,1H3,(H,16,17)(H2,13,14,18)/t8-/m0/s1. The summed E-state index contributed by atoms with van der Waals surface area (Å²) in [6.07, 6.45) is -1.63. The summed E-state index contributed by atoms with van der Waals surface area (Å²) >= 11 is 3.26. The molecule has 104 valence electrons. The quantitative estimate of drug-likeness (QED) is 0.644. The van der Waals surface area contributed by atoms with E-state index in [1.807, 2.05) is 0 Å². The van der Waals surface area contributed by atoms with Crippen LogP contribution in [-0.2, 0) is 4.79 Å². The zero-order valence-corrected chi connectivity index (χ0v) is 11.6. The molecule has 7 nitrogen and oxygen atoms in total. The summed E-state index contributed by atoms with van der Waals surface area (Å²) in [6.45, 7) is -0.376. The number of aliphatic carboxylic acids is 1. The van der Waals surface area contributed by atoms with Gasteiger partial charge in [-0.05, 0) is 34.1 Å². The lowest BCUT2D eigenvalue weighted by Crippen LogP contribution is -2.38. The van der Waals surface area contributed by atoms with Crippen LogP contribution in [0.4, 0.5) is 10.5 Å². The number of urea groups is 1. The molecule has 19 heavy (non-hydrogen) atoms. The molecule has 0 heterocycles. The highest BCUT2D eigenvalue weighted by atomic mass is 79.9. The van der Waals surface area contributed by atoms with Crippen molar-refractivity contribution in [3.8, 4) is 5.75 Å². The number of rotatable bonds is 5. The van der Waals surface area contributed by atoms with Crippen LogP contribution < -0.4 is 15.4 Å². The molecule has 0 unspecified atom stereocenters. The Labute approximate surface area is 117 Å². The molecule has 2 amide bonds. The van der Waals surface area contributed by atoms with Crippen molar-refractivity contribution < 1.29 is 24.5 Å². The van der Waals surface area contributed by atoms with Crippen LogP contribution in [0.5, 0.6) is 5.75 Å². The van der Waals surface area contributed by atoms with Gasteiger partial charge in [-0.2, -0.15) is 0 Å². The largest absolute Gasteiger partial charge is 0.496 e. The fourth-order valence-electron chi connectivity index (χ4n) is 1.20. The number of benzene rings is 1. The Morgan fingerprint density at radius 2 is 2.16 bits per heavy atom. The highest BCUT2D eigenvalue weighted by molar-refractivity contribution is 9.10. The Bertz CT molecular complexity index is 480. The maximum Gasteiger partial charge on any atom is 0.334 e. The molecule has 0 saturated carbocycles. The van der Waals surface area contributed by atoms with Crippen LogP contribution in [0.3, 0.4) is 0 Å². The Kier molecular flexibility index (Phi) is 5.58. The molecule has 4 N–H and O–H groups in total. The number of carboxylic acids is 1. The molecule has 1 aromatic rings. The van der Waals surface area contributed by atoms with Gasteiger partial charge in [0.25, 0.3) is 0 Å². The third kappa shape index (κ3) is 4.76. The molecule has 1 aromatic carbocycles. The summed E-state index contributed by atoms with van der Waals surface area (Å²) in [4.78, 5) is 21.8. The number of hydrogen-bond donors (Lipinski definition) is 4. The highest BCUT2D eigenvalue weighted by Gasteiger charge is 2.14. The summed E-state index contributed by atoms with van der Waals surface area (Å²) in [5, 5.41) is 22.1. The fraction of sp³-hybridized carbons (Fsp3) is 0.273. The second-order valence-electron chi connectivity index (χ2n) is 3.54. The smallest absolute Gasteiger partial charge is 0.334 e. The highest BCUT2D eigenvalue weighted by Crippen LogP contribution is 2.27. The van der Waals surface area contributed by atoms with Gasteiger partial charge in [-0.1, -0.05) is 0 Å². The second kappa shape index (κ2) is 6.95. The molecule has 1 atom stereocenters. The predicted octanol–water partition coefficient (Wildman–Crippen LogP) is 1.02. The van der Waals surface area contributed by atoms with E-state index in [-0.39, 0.29) is 6.54 Å². The minimum Gasteiger partial charge on any atom is -0.496 e. The molecular formula is C11H13BrN2O5. The zero-order valence-electron chi connectivity index (χ0n) is 10.0. The number of carbonyl (C=O) groups excluding carboxylic acids is 1. The molecule has 0 aliphatic carbocycles. The van der Waals surface area contributed by atoms with Crippen molar-refractivity contribution in [2.24, 2.45) is 0 Å². The van der Waals surface area contributed by atoms with Crippen LogP contribution in [0.2, 0.25) is 0 Å². The first-order chi connectivity index (χ1) is 8.93. The molecule has 0 saturated heterocycles. The lowest BCUT2D eigenvalue weighted by Gasteiger charge is -2.10. The molecular weight excluding hydrogens is 320 g/mol. The van der Waals surface area contributed by atoms with E-state index < -0.39 is 18.1 Å². The maximum absolute atomic E-state index is 11.4. The normalized spacial score (nSPS) is 11.5. The van der Waals surface area contributed by atoms with Gasteiger partial charge in [0, 0.05) is 5.69 Å². The van der Waals surface area contributed by atoms with E-state index in [2.05, 4.69) is 26.6 Å². The topological polar surface area (TPSA) is 108 Å². The Balaban J connectivity index is 2.53. The number of hydrogen-bond acceptors (Lipinski definition) is 4. The first-order valence-corrected chi connectivity index (χ1v) is 6.02. The molecule has 8 heteroatoms. The van der Waals surface area contributed by atoms with E-state index in [0.29, 0.717) is 15.9 Å². The molecule has 0 radical (unpaired) electrons. The SMILES string of the molecule is COc1ccc(NC(=O)NC[C@H](O)C(=O)O)cc1Br. The van der Waals surface area contributed by atoms with Crippen molar-refractivity contribution in [3.63, 3.8) is 0 Å². The van der Waals surface area contributed by atoms with Gasteiger partial charge in [0.1, 0.15) is 5.75 Å². The van der Waals surface area contributed by atoms with Crippen molar-refractivity contribution in [1.29, 1.82) is 0 Å². The van der Waals surface area contributed by atoms with Crippen LogP contribution >= 0.6 is 15.9 Å². The van der Waals surface area contributed by atoms with Crippen molar-refractivity contribution in [1.82, 2.24) is 5.32 Å². The van der Waals surface area contributed by atoms with Crippen LogP contribution in [-0.4, -0.2) is 42.0 Å². The third-order valence-electron chi connectivity index (χ3n) is 2.15. The van der Waals surface area contributed by atoms with E-state index in [1.165, 1.54) is 7.11 Å². The van der Waals surface area contributed by atoms with Crippen molar-refractivity contribution in [2.45, 2.75) is 6.10 Å². The van der Waals surface area contributed by atoms with Crippen molar-refractivity contribution in [2.75, 3.05) is 19.0 Å². The van der Waals surface area contributed by atoms with E-state index in [9.17, 15) is 9.59 Å². The monoisotopic (exact) mass is 332 g/mol. The Morgan fingerprint density at radius 1 is 1.47 bits per heavy atom. The zero-order chi connectivity index (χ0) is 14.4. The first kappa shape index (κ1) is 15.3. The fourth-order valence-corrected chi connectivity index (χ4v) is 1.74. The number of carboxylic acid groups (broad SMARTS) is 1. The van der Waals surface area contributed by atoms with Crippen LogP contribution in [0.15, 0.2) is 22.7 Å². The average molecular weight is 333 g/mol. The summed E-state index contributed by atoms with van der Waals surface area (Å²) < 4.78 is 5.70. The number of ether oxygens (including phenoxy) is 1. The van der Waals surface area contributed by atoms with Gasteiger partial charge in [0.15, 0.2) is 6.10 Å². The minimum atomic E-state index is -1.63. The first-order valence-electron chi connectivity index (χ1n) is 5.23. The van der Waals surface area contributed by atoms with Crippen molar-refractivity contribution >= 4 is 33.6 Å². The number of carbonyl (C=O) groups is 2. The second-order valence-corrected chi connectivity index (χ2v) is 4.39. The van der Waals surface area contributed by atoms with Crippen LogP contribution in [0, 0.1) is 0 Å². The van der Waals surface area contributed by atoms with Crippen LogP contribution in [0.25, 0.3) is 0 Å². The van der Waals surface area contributed by atoms with Gasteiger partial charge >= 0.3 is 12.0 Å². The van der Waals surface area contributed by atoms with Gasteiger partial charge < -0.3 is 25.6 Å². The Morgan fingerprint density at radius 3 is 2.68 bits per heavy atom. The summed E-state index contributed by atoms with van der Waals surface area (Å²) in [5.41, 5.74) is 0.495. The summed E-state index contributed by atoms with van der Waals surface area (Å²) in [5.74, 6) is -0.778. The minimum absolute atomic E-state index is 0.376. The molecule has 0 bridgehead atoms. The summed E-state index contributed by atoms with van der Waals surface area (Å²) in [7, 11) is 1.52. The number of nitrogens with one attached hydrogen (secondary N) is 2. The molecule has 1 rings (SSSR count). The third-order valence-corrected chi connectivity index (χ3v) is 2.77. The molecule has 0 spiro atoms. The van der Waals surface area contributed by atoms with Gasteiger partial charge in [-0.25, -0.2) is 9.59 Å². The average Bonchev–Trinajstić information content (AvgIpc) is 2.36. The number of aliphatic hydroxyl groups is 1. The lowest BCUT2D eigenvalue weighted by molar-refractivity contribution is -0.146. The van der Waals surface area contributed by atoms with Crippen LogP contribution in [0.1, 0.15) is 0 Å². The number of methoxy groups -OCH3 is 1.